The van der Waals surface area contributed by atoms with Crippen molar-refractivity contribution in [1.29, 1.82) is 0 Å². The lowest BCUT2D eigenvalue weighted by Gasteiger charge is -2.19. The molecule has 0 radical (unpaired) electrons. The third kappa shape index (κ3) is 6.12. The van der Waals surface area contributed by atoms with Crippen LogP contribution in [0.2, 0.25) is 0 Å². The number of aryl methyl sites for hydroxylation is 1. The number of carbonyl (C=O) groups excluding carboxylic acids is 1. The molecule has 4 aromatic rings. The van der Waals surface area contributed by atoms with Gasteiger partial charge in [-0.25, -0.2) is 33.1 Å². The van der Waals surface area contributed by atoms with Crippen molar-refractivity contribution in [2.75, 3.05) is 21.9 Å². The van der Waals surface area contributed by atoms with Gasteiger partial charge in [-0.05, 0) is 63.9 Å². The Kier molecular flexibility index (Phi) is 7.28. The number of sulfonamides is 1. The van der Waals surface area contributed by atoms with Crippen LogP contribution >= 0.6 is 11.3 Å². The van der Waals surface area contributed by atoms with Crippen molar-refractivity contribution in [2.24, 2.45) is 0 Å². The van der Waals surface area contributed by atoms with E-state index in [0.717, 1.165) is 21.5 Å². The van der Waals surface area contributed by atoms with Crippen LogP contribution in [0.15, 0.2) is 42.9 Å². The molecule has 0 spiro atoms. The zero-order valence-corrected chi connectivity index (χ0v) is 22.7. The van der Waals surface area contributed by atoms with Crippen LogP contribution in [0.25, 0.3) is 21.3 Å². The number of hydrogen-bond donors (Lipinski definition) is 4. The minimum Gasteiger partial charge on any atom is -0.339 e. The average Bonchev–Trinajstić information content (AvgIpc) is 3.22. The Labute approximate surface area is 219 Å². The summed E-state index contributed by atoms with van der Waals surface area (Å²) in [6.07, 6.45) is 4.86. The Morgan fingerprint density at radius 2 is 1.76 bits per heavy atom. The highest BCUT2D eigenvalue weighted by Crippen LogP contribution is 2.37. The molecule has 3 aromatic heterocycles. The molecule has 1 aromatic carbocycles. The van der Waals surface area contributed by atoms with Crippen LogP contribution in [0, 0.1) is 6.92 Å². The summed E-state index contributed by atoms with van der Waals surface area (Å²) >= 11 is 1.33. The molecule has 0 aliphatic rings. The number of thiazole rings is 1. The van der Waals surface area contributed by atoms with E-state index >= 15 is 0 Å². The van der Waals surface area contributed by atoms with Crippen LogP contribution in [-0.4, -0.2) is 45.7 Å². The maximum atomic E-state index is 12.4. The fraction of sp³-hybridized carbons (Fsp3) is 0.292. The lowest BCUT2D eigenvalue weighted by Crippen LogP contribution is -2.34. The van der Waals surface area contributed by atoms with E-state index in [-0.39, 0.29) is 12.0 Å². The summed E-state index contributed by atoms with van der Waals surface area (Å²) in [4.78, 5) is 29.5. The van der Waals surface area contributed by atoms with E-state index in [1.54, 1.807) is 39.4 Å². The zero-order chi connectivity index (χ0) is 26.8. The summed E-state index contributed by atoms with van der Waals surface area (Å²) in [6, 6.07) is 7.27. The molecule has 13 heteroatoms. The minimum absolute atomic E-state index is 0.0101. The Morgan fingerprint density at radius 1 is 1.03 bits per heavy atom. The van der Waals surface area contributed by atoms with Crippen LogP contribution in [0.5, 0.6) is 0 Å². The number of nitrogens with one attached hydrogen (secondary N) is 4. The Morgan fingerprint density at radius 3 is 2.38 bits per heavy atom. The van der Waals surface area contributed by atoms with Crippen LogP contribution in [0.4, 0.5) is 27.4 Å². The molecule has 2 amide bonds. The first-order chi connectivity index (χ1) is 17.4. The summed E-state index contributed by atoms with van der Waals surface area (Å²) in [6.45, 7) is 9.08. The smallest absolute Gasteiger partial charge is 0.321 e. The van der Waals surface area contributed by atoms with Gasteiger partial charge in [0, 0.05) is 30.7 Å². The number of pyridine rings is 1. The normalized spacial score (nSPS) is 11.8. The van der Waals surface area contributed by atoms with Crippen LogP contribution in [0.1, 0.15) is 33.3 Å². The lowest BCUT2D eigenvalue weighted by atomic mass is 10.1. The first kappa shape index (κ1) is 26.2. The molecule has 11 nitrogen and oxygen atoms in total. The third-order valence-electron chi connectivity index (χ3n) is 5.24. The Bertz CT molecular complexity index is 1530. The predicted molar refractivity (Wildman–Crippen MR) is 148 cm³/mol. The van der Waals surface area contributed by atoms with Crippen LogP contribution in [-0.2, 0) is 10.0 Å². The number of carbonyl (C=O) groups is 1. The quantitative estimate of drug-likeness (QED) is 0.259. The average molecular weight is 541 g/mol. The summed E-state index contributed by atoms with van der Waals surface area (Å²) < 4.78 is 27.1. The van der Waals surface area contributed by atoms with Crippen LogP contribution in [0.3, 0.4) is 0 Å². The van der Waals surface area contributed by atoms with Gasteiger partial charge in [-0.1, -0.05) is 17.4 Å². The van der Waals surface area contributed by atoms with Crippen molar-refractivity contribution >= 4 is 60.2 Å². The third-order valence-corrected chi connectivity index (χ3v) is 8.32. The van der Waals surface area contributed by atoms with Crippen molar-refractivity contribution < 1.29 is 13.2 Å². The van der Waals surface area contributed by atoms with E-state index in [0.29, 0.717) is 28.6 Å². The standard InChI is InChI=1S/C24H28N8O3S2/c1-6-25-22(33)31-23-30-18-10-15(9-17(20(18)36-23)29-19-8-7-14(2)11-26-19)16-12-27-21(28-13-16)32-37(34,35)24(3,4)5/h7-13H,6H2,1-5H3,(H,26,29)(H,27,28,32)(H2,25,30,31,33). The molecule has 0 atom stereocenters. The van der Waals surface area contributed by atoms with E-state index in [4.69, 9.17) is 0 Å². The summed E-state index contributed by atoms with van der Waals surface area (Å²) in [5, 5.41) is 9.23. The van der Waals surface area contributed by atoms with Crippen molar-refractivity contribution in [3.05, 3.63) is 48.4 Å². The first-order valence-electron chi connectivity index (χ1n) is 11.5. The fourth-order valence-corrected chi connectivity index (χ4v) is 4.69. The molecule has 0 aliphatic heterocycles. The van der Waals surface area contributed by atoms with Gasteiger partial charge < -0.3 is 10.6 Å². The van der Waals surface area contributed by atoms with Crippen molar-refractivity contribution in [3.8, 4) is 11.1 Å². The largest absolute Gasteiger partial charge is 0.339 e. The van der Waals surface area contributed by atoms with Crippen molar-refractivity contribution in [2.45, 2.75) is 39.4 Å². The lowest BCUT2D eigenvalue weighted by molar-refractivity contribution is 0.252. The molecule has 0 saturated carbocycles. The van der Waals surface area contributed by atoms with Crippen LogP contribution < -0.4 is 20.7 Å². The number of benzene rings is 1. The molecular formula is C24H28N8O3S2. The highest BCUT2D eigenvalue weighted by molar-refractivity contribution is 7.94. The number of nitrogens with zero attached hydrogens (tertiary/aromatic N) is 4. The number of hydrogen-bond acceptors (Lipinski definition) is 9. The predicted octanol–water partition coefficient (Wildman–Crippen LogP) is 4.88. The Balaban J connectivity index is 1.71. The van der Waals surface area contributed by atoms with Gasteiger partial charge >= 0.3 is 6.03 Å². The number of amides is 2. The van der Waals surface area contributed by atoms with Crippen molar-refractivity contribution in [1.82, 2.24) is 25.3 Å². The van der Waals surface area contributed by atoms with E-state index < -0.39 is 14.8 Å². The number of urea groups is 1. The SMILES string of the molecule is CCNC(=O)Nc1nc2cc(-c3cnc(NS(=O)(=O)C(C)(C)C)nc3)cc(Nc3ccc(C)cn3)c2s1. The zero-order valence-electron chi connectivity index (χ0n) is 21.1. The maximum absolute atomic E-state index is 12.4. The molecule has 0 saturated heterocycles. The molecule has 0 fully saturated rings. The molecule has 3 heterocycles. The molecule has 4 N–H and O–H groups in total. The van der Waals surface area contributed by atoms with E-state index in [2.05, 4.69) is 40.6 Å². The van der Waals surface area contributed by atoms with Gasteiger partial charge in [-0.15, -0.1) is 0 Å². The second-order valence-corrected chi connectivity index (χ2v) is 12.7. The molecule has 0 bridgehead atoms. The van der Waals surface area contributed by atoms with E-state index in [9.17, 15) is 13.2 Å². The van der Waals surface area contributed by atoms with Gasteiger partial charge in [0.2, 0.25) is 16.0 Å². The number of rotatable bonds is 7. The van der Waals surface area contributed by atoms with Gasteiger partial charge in [-0.3, -0.25) is 10.0 Å². The number of fused-ring (bicyclic) bond motifs is 1. The summed E-state index contributed by atoms with van der Waals surface area (Å²) in [7, 11) is -3.65. The molecule has 0 unspecified atom stereocenters. The van der Waals surface area contributed by atoms with E-state index in [1.165, 1.54) is 11.3 Å². The minimum atomic E-state index is -3.65. The van der Waals surface area contributed by atoms with Gasteiger partial charge in [0.1, 0.15) is 5.82 Å². The van der Waals surface area contributed by atoms with Gasteiger partial charge in [-0.2, -0.15) is 0 Å². The van der Waals surface area contributed by atoms with E-state index in [1.807, 2.05) is 38.1 Å². The maximum Gasteiger partial charge on any atom is 0.321 e. The molecule has 4 rings (SSSR count). The topological polar surface area (TPSA) is 151 Å². The monoisotopic (exact) mass is 540 g/mol. The summed E-state index contributed by atoms with van der Waals surface area (Å²) in [5.41, 5.74) is 3.84. The molecule has 194 valence electrons. The number of aromatic nitrogens is 4. The highest BCUT2D eigenvalue weighted by Gasteiger charge is 2.29. The summed E-state index contributed by atoms with van der Waals surface area (Å²) in [5.74, 6) is 0.642. The molecular weight excluding hydrogens is 512 g/mol. The molecule has 0 aliphatic carbocycles. The number of anilines is 4. The second-order valence-electron chi connectivity index (χ2n) is 9.23. The second kappa shape index (κ2) is 10.3. The first-order valence-corrected chi connectivity index (χ1v) is 13.8. The van der Waals surface area contributed by atoms with Crippen molar-refractivity contribution in [3.63, 3.8) is 0 Å². The fourth-order valence-electron chi connectivity index (χ4n) is 3.13. The van der Waals surface area contributed by atoms with Gasteiger partial charge in [0.25, 0.3) is 0 Å². The highest BCUT2D eigenvalue weighted by atomic mass is 32.2. The van der Waals surface area contributed by atoms with Gasteiger partial charge in [0.15, 0.2) is 5.13 Å². The van der Waals surface area contributed by atoms with Gasteiger partial charge in [0.05, 0.1) is 20.7 Å². The molecule has 37 heavy (non-hydrogen) atoms. The Hall–Kier alpha value is -3.84.